The van der Waals surface area contributed by atoms with Crippen molar-refractivity contribution in [3.8, 4) is 0 Å². The Labute approximate surface area is 181 Å². The van der Waals surface area contributed by atoms with E-state index in [0.717, 1.165) is 54.8 Å². The number of hydrogen-bond acceptors (Lipinski definition) is 8. The Morgan fingerprint density at radius 2 is 1.84 bits per heavy atom. The van der Waals surface area contributed by atoms with Crippen LogP contribution < -0.4 is 21.3 Å². The summed E-state index contributed by atoms with van der Waals surface area (Å²) in [5.41, 5.74) is 1.49. The topological polar surface area (TPSA) is 117 Å². The summed E-state index contributed by atoms with van der Waals surface area (Å²) in [4.78, 5) is 28.7. The Morgan fingerprint density at radius 3 is 2.55 bits per heavy atom. The second-order valence-electron chi connectivity index (χ2n) is 7.90. The fourth-order valence-corrected chi connectivity index (χ4v) is 3.95. The highest BCUT2D eigenvalue weighted by atomic mass is 16.1. The molecule has 9 nitrogen and oxygen atoms in total. The lowest BCUT2D eigenvalue weighted by Gasteiger charge is -2.29. The van der Waals surface area contributed by atoms with Gasteiger partial charge in [-0.15, -0.1) is 0 Å². The normalized spacial score (nSPS) is 18.4. The molecule has 1 fully saturated rings. The lowest BCUT2D eigenvalue weighted by molar-refractivity contribution is -0.114. The Morgan fingerprint density at radius 1 is 1.06 bits per heavy atom. The standard InChI is InChI=1S/C22H28N8O/c1-14(31)28-18-12-26-22(27-13-18)25-11-15-3-6-17(7-4-15)29-19-8-5-16-9-10-24-21(23-2)20(16)30-19/h5,8-10,12-13,15,17H,3-4,6-7,11H2,1-2H3,(H,23,24)(H,28,31)(H,29,30)(H,25,26,27)/t15-,17-. The van der Waals surface area contributed by atoms with Crippen molar-refractivity contribution in [1.29, 1.82) is 0 Å². The number of hydrogen-bond donors (Lipinski definition) is 4. The Hall–Kier alpha value is -3.49. The zero-order valence-electron chi connectivity index (χ0n) is 17.9. The van der Waals surface area contributed by atoms with Crippen LogP contribution in [0.5, 0.6) is 0 Å². The fourth-order valence-electron chi connectivity index (χ4n) is 3.95. The second kappa shape index (κ2) is 9.55. The molecule has 0 unspecified atom stereocenters. The quantitative estimate of drug-likeness (QED) is 0.459. The van der Waals surface area contributed by atoms with Gasteiger partial charge in [-0.3, -0.25) is 4.79 Å². The molecular formula is C22H28N8O. The third-order valence-electron chi connectivity index (χ3n) is 5.57. The fraction of sp³-hybridized carbons (Fsp3) is 0.409. The summed E-state index contributed by atoms with van der Waals surface area (Å²) in [7, 11) is 1.86. The maximum Gasteiger partial charge on any atom is 0.222 e. The van der Waals surface area contributed by atoms with E-state index in [4.69, 9.17) is 4.98 Å². The van der Waals surface area contributed by atoms with Crippen LogP contribution in [0.15, 0.2) is 36.8 Å². The van der Waals surface area contributed by atoms with Crippen molar-refractivity contribution in [2.75, 3.05) is 34.9 Å². The first-order valence-electron chi connectivity index (χ1n) is 10.6. The number of fused-ring (bicyclic) bond motifs is 1. The number of nitrogens with zero attached hydrogens (tertiary/aromatic N) is 4. The van der Waals surface area contributed by atoms with E-state index in [2.05, 4.69) is 42.3 Å². The maximum atomic E-state index is 11.1. The average Bonchev–Trinajstić information content (AvgIpc) is 2.79. The highest BCUT2D eigenvalue weighted by molar-refractivity contribution is 5.89. The number of rotatable bonds is 7. The van der Waals surface area contributed by atoms with E-state index in [1.165, 1.54) is 6.92 Å². The molecule has 31 heavy (non-hydrogen) atoms. The van der Waals surface area contributed by atoms with E-state index in [1.807, 2.05) is 19.2 Å². The minimum atomic E-state index is -0.132. The van der Waals surface area contributed by atoms with E-state index in [1.54, 1.807) is 18.6 Å². The predicted octanol–water partition coefficient (Wildman–Crippen LogP) is 3.50. The van der Waals surface area contributed by atoms with Crippen molar-refractivity contribution in [3.05, 3.63) is 36.8 Å². The minimum absolute atomic E-state index is 0.132. The van der Waals surface area contributed by atoms with E-state index in [0.29, 0.717) is 23.6 Å². The van der Waals surface area contributed by atoms with Gasteiger partial charge in [0.1, 0.15) is 11.3 Å². The molecule has 1 aliphatic carbocycles. The van der Waals surface area contributed by atoms with Crippen molar-refractivity contribution >= 4 is 40.1 Å². The molecule has 0 saturated heterocycles. The summed E-state index contributed by atoms with van der Waals surface area (Å²) in [6.07, 6.45) is 9.48. The highest BCUT2D eigenvalue weighted by Crippen LogP contribution is 2.27. The third kappa shape index (κ3) is 5.36. The summed E-state index contributed by atoms with van der Waals surface area (Å²) in [6, 6.07) is 6.52. The van der Waals surface area contributed by atoms with Crippen LogP contribution in [0.25, 0.3) is 10.9 Å². The number of carbonyl (C=O) groups excluding carboxylic acids is 1. The SMILES string of the molecule is CNc1nccc2ccc(N[C@H]3CC[C@H](CNc4ncc(NC(C)=O)cn4)CC3)nc12. The summed E-state index contributed by atoms with van der Waals surface area (Å²) in [5.74, 6) is 2.73. The molecule has 1 saturated carbocycles. The van der Waals surface area contributed by atoms with Crippen LogP contribution in [-0.2, 0) is 4.79 Å². The second-order valence-corrected chi connectivity index (χ2v) is 7.90. The summed E-state index contributed by atoms with van der Waals surface area (Å²) in [6.45, 7) is 2.31. The van der Waals surface area contributed by atoms with Crippen LogP contribution in [0.1, 0.15) is 32.6 Å². The molecule has 0 spiro atoms. The Balaban J connectivity index is 1.26. The molecule has 3 aromatic rings. The molecule has 4 N–H and O–H groups in total. The van der Waals surface area contributed by atoms with Crippen LogP contribution in [0, 0.1) is 5.92 Å². The smallest absolute Gasteiger partial charge is 0.222 e. The van der Waals surface area contributed by atoms with Crippen molar-refractivity contribution in [2.24, 2.45) is 5.92 Å². The number of carbonyl (C=O) groups is 1. The van der Waals surface area contributed by atoms with Gasteiger partial charge in [0.25, 0.3) is 0 Å². The average molecular weight is 421 g/mol. The van der Waals surface area contributed by atoms with Crippen LogP contribution in [-0.4, -0.2) is 45.5 Å². The van der Waals surface area contributed by atoms with Crippen molar-refractivity contribution < 1.29 is 4.79 Å². The predicted molar refractivity (Wildman–Crippen MR) is 123 cm³/mol. The van der Waals surface area contributed by atoms with Crippen LogP contribution in [0.3, 0.4) is 0 Å². The molecule has 0 aliphatic heterocycles. The van der Waals surface area contributed by atoms with Crippen LogP contribution >= 0.6 is 0 Å². The third-order valence-corrected chi connectivity index (χ3v) is 5.57. The molecule has 0 atom stereocenters. The highest BCUT2D eigenvalue weighted by Gasteiger charge is 2.21. The van der Waals surface area contributed by atoms with Gasteiger partial charge in [0.15, 0.2) is 5.82 Å². The molecule has 162 valence electrons. The van der Waals surface area contributed by atoms with Gasteiger partial charge in [0, 0.05) is 38.1 Å². The lowest BCUT2D eigenvalue weighted by Crippen LogP contribution is -2.29. The van der Waals surface area contributed by atoms with E-state index in [-0.39, 0.29) is 5.91 Å². The zero-order chi connectivity index (χ0) is 21.6. The maximum absolute atomic E-state index is 11.1. The lowest BCUT2D eigenvalue weighted by atomic mass is 9.86. The number of pyridine rings is 2. The van der Waals surface area contributed by atoms with E-state index >= 15 is 0 Å². The van der Waals surface area contributed by atoms with Crippen LogP contribution in [0.4, 0.5) is 23.3 Å². The number of amides is 1. The first-order chi connectivity index (χ1) is 15.1. The van der Waals surface area contributed by atoms with E-state index < -0.39 is 0 Å². The Bertz CT molecular complexity index is 1030. The van der Waals surface area contributed by atoms with Crippen molar-refractivity contribution in [1.82, 2.24) is 19.9 Å². The van der Waals surface area contributed by atoms with Crippen LogP contribution in [0.2, 0.25) is 0 Å². The van der Waals surface area contributed by atoms with Crippen molar-refractivity contribution in [2.45, 2.75) is 38.6 Å². The molecule has 9 heteroatoms. The summed E-state index contributed by atoms with van der Waals surface area (Å²) in [5, 5.41) is 13.8. The molecule has 1 amide bonds. The molecule has 3 aromatic heterocycles. The van der Waals surface area contributed by atoms with Gasteiger partial charge in [0.05, 0.1) is 18.1 Å². The molecule has 0 bridgehead atoms. The van der Waals surface area contributed by atoms with Gasteiger partial charge in [-0.25, -0.2) is 19.9 Å². The molecule has 3 heterocycles. The van der Waals surface area contributed by atoms with Gasteiger partial charge < -0.3 is 21.3 Å². The van der Waals surface area contributed by atoms with Gasteiger partial charge in [-0.1, -0.05) is 0 Å². The van der Waals surface area contributed by atoms with E-state index in [9.17, 15) is 4.79 Å². The summed E-state index contributed by atoms with van der Waals surface area (Å²) < 4.78 is 0. The molecule has 1 aliphatic rings. The minimum Gasteiger partial charge on any atom is -0.371 e. The van der Waals surface area contributed by atoms with Gasteiger partial charge in [-0.05, 0) is 49.8 Å². The Kier molecular flexibility index (Phi) is 6.40. The van der Waals surface area contributed by atoms with Gasteiger partial charge in [-0.2, -0.15) is 0 Å². The van der Waals surface area contributed by atoms with Gasteiger partial charge >= 0.3 is 0 Å². The zero-order valence-corrected chi connectivity index (χ0v) is 17.9. The first kappa shape index (κ1) is 20.8. The van der Waals surface area contributed by atoms with Gasteiger partial charge in [0.2, 0.25) is 11.9 Å². The largest absolute Gasteiger partial charge is 0.371 e. The number of nitrogens with one attached hydrogen (secondary N) is 4. The summed E-state index contributed by atoms with van der Waals surface area (Å²) >= 11 is 0. The molecule has 0 radical (unpaired) electrons. The van der Waals surface area contributed by atoms with Crippen molar-refractivity contribution in [3.63, 3.8) is 0 Å². The number of aromatic nitrogens is 4. The molecular weight excluding hydrogens is 392 g/mol. The number of anilines is 4. The first-order valence-corrected chi connectivity index (χ1v) is 10.6. The monoisotopic (exact) mass is 420 g/mol. The molecule has 0 aromatic carbocycles. The molecule has 4 rings (SSSR count).